The van der Waals surface area contributed by atoms with E-state index in [2.05, 4.69) is 40.3 Å². The van der Waals surface area contributed by atoms with E-state index >= 15 is 0 Å². The Hall–Kier alpha value is -1.17. The molecule has 0 saturated carbocycles. The predicted molar refractivity (Wildman–Crippen MR) is 86.7 cm³/mol. The van der Waals surface area contributed by atoms with Crippen LogP contribution in [-0.4, -0.2) is 63.4 Å². The number of anilines is 1. The van der Waals surface area contributed by atoms with Crippen LogP contribution >= 0.6 is 0 Å². The molecule has 0 radical (unpaired) electrons. The highest BCUT2D eigenvalue weighted by Crippen LogP contribution is 2.23. The smallest absolute Gasteiger partial charge is 0.133 e. The van der Waals surface area contributed by atoms with Crippen molar-refractivity contribution in [2.45, 2.75) is 25.4 Å². The van der Waals surface area contributed by atoms with Crippen LogP contribution in [0, 0.1) is 0 Å². The number of nitrogens with zero attached hydrogens (tertiary/aromatic N) is 3. The number of rotatable bonds is 7. The molecule has 1 fully saturated rings. The Morgan fingerprint density at radius 3 is 3.10 bits per heavy atom. The van der Waals surface area contributed by atoms with Crippen LogP contribution in [0.1, 0.15) is 18.4 Å². The molecule has 5 heteroatoms. The minimum absolute atomic E-state index is 0.620. The van der Waals surface area contributed by atoms with Crippen LogP contribution in [0.5, 0.6) is 0 Å². The molecule has 1 aliphatic rings. The Labute approximate surface area is 128 Å². The van der Waals surface area contributed by atoms with Crippen LogP contribution in [0.4, 0.5) is 5.82 Å². The Morgan fingerprint density at radius 1 is 1.48 bits per heavy atom. The number of hydrogen-bond acceptors (Lipinski definition) is 5. The van der Waals surface area contributed by atoms with Gasteiger partial charge in [-0.15, -0.1) is 0 Å². The number of ether oxygens (including phenoxy) is 1. The molecule has 0 aliphatic carbocycles. The van der Waals surface area contributed by atoms with Crippen molar-refractivity contribution in [3.05, 3.63) is 23.9 Å². The van der Waals surface area contributed by atoms with E-state index in [4.69, 9.17) is 4.74 Å². The van der Waals surface area contributed by atoms with Gasteiger partial charge in [-0.1, -0.05) is 6.07 Å². The first kappa shape index (κ1) is 16.2. The molecule has 0 amide bonds. The van der Waals surface area contributed by atoms with Gasteiger partial charge in [0.15, 0.2) is 0 Å². The van der Waals surface area contributed by atoms with E-state index in [-0.39, 0.29) is 0 Å². The Bertz CT molecular complexity index is 424. The van der Waals surface area contributed by atoms with Crippen LogP contribution in [-0.2, 0) is 11.3 Å². The zero-order valence-electron chi connectivity index (χ0n) is 13.5. The zero-order valence-corrected chi connectivity index (χ0v) is 13.5. The van der Waals surface area contributed by atoms with E-state index < -0.39 is 0 Å². The Balaban J connectivity index is 2.01. The van der Waals surface area contributed by atoms with Gasteiger partial charge < -0.3 is 19.9 Å². The lowest BCUT2D eigenvalue weighted by Gasteiger charge is -2.37. The van der Waals surface area contributed by atoms with E-state index in [0.29, 0.717) is 6.04 Å². The minimum Gasteiger partial charge on any atom is -0.383 e. The van der Waals surface area contributed by atoms with Crippen molar-refractivity contribution < 1.29 is 4.74 Å². The first-order valence-electron chi connectivity index (χ1n) is 7.77. The molecule has 1 saturated heterocycles. The summed E-state index contributed by atoms with van der Waals surface area (Å²) in [6, 6.07) is 4.81. The maximum atomic E-state index is 5.07. The summed E-state index contributed by atoms with van der Waals surface area (Å²) >= 11 is 0. The van der Waals surface area contributed by atoms with Crippen LogP contribution in [0.25, 0.3) is 0 Å². The van der Waals surface area contributed by atoms with Gasteiger partial charge in [0, 0.05) is 51.1 Å². The fraction of sp³-hybridized carbons (Fsp3) is 0.688. The molecule has 118 valence electrons. The number of nitrogens with one attached hydrogen (secondary N) is 1. The van der Waals surface area contributed by atoms with Crippen LogP contribution in [0.2, 0.25) is 0 Å². The van der Waals surface area contributed by atoms with Crippen LogP contribution in [0.3, 0.4) is 0 Å². The largest absolute Gasteiger partial charge is 0.383 e. The molecule has 1 unspecified atom stereocenters. The quantitative estimate of drug-likeness (QED) is 0.768. The first-order chi connectivity index (χ1) is 10.2. The van der Waals surface area contributed by atoms with Crippen molar-refractivity contribution in [2.75, 3.05) is 52.3 Å². The summed E-state index contributed by atoms with van der Waals surface area (Å²) in [5, 5.41) is 3.41. The topological polar surface area (TPSA) is 40.6 Å². The van der Waals surface area contributed by atoms with Crippen LogP contribution in [0.15, 0.2) is 18.3 Å². The number of pyridine rings is 1. The Morgan fingerprint density at radius 2 is 2.33 bits per heavy atom. The summed E-state index contributed by atoms with van der Waals surface area (Å²) in [6.45, 7) is 4.62. The molecule has 0 aromatic carbocycles. The van der Waals surface area contributed by atoms with Gasteiger partial charge in [-0.3, -0.25) is 0 Å². The average molecular weight is 292 g/mol. The van der Waals surface area contributed by atoms with Crippen molar-refractivity contribution in [1.82, 2.24) is 15.2 Å². The lowest BCUT2D eigenvalue weighted by Crippen LogP contribution is -2.45. The maximum absolute atomic E-state index is 5.07. The average Bonchev–Trinajstić information content (AvgIpc) is 2.52. The molecule has 0 bridgehead atoms. The van der Waals surface area contributed by atoms with Crippen molar-refractivity contribution >= 4 is 5.82 Å². The van der Waals surface area contributed by atoms with Crippen molar-refractivity contribution in [3.8, 4) is 0 Å². The Kier molecular flexibility index (Phi) is 6.42. The summed E-state index contributed by atoms with van der Waals surface area (Å²) < 4.78 is 5.07. The number of piperidine rings is 1. The summed E-state index contributed by atoms with van der Waals surface area (Å²) in [6.07, 6.45) is 4.40. The third-order valence-electron chi connectivity index (χ3n) is 4.09. The van der Waals surface area contributed by atoms with E-state index in [1.165, 1.54) is 18.4 Å². The van der Waals surface area contributed by atoms with Gasteiger partial charge in [0.05, 0.1) is 6.61 Å². The third kappa shape index (κ3) is 4.66. The minimum atomic E-state index is 0.620. The van der Waals surface area contributed by atoms with Gasteiger partial charge in [0.25, 0.3) is 0 Å². The summed E-state index contributed by atoms with van der Waals surface area (Å²) in [5.41, 5.74) is 1.27. The second-order valence-corrected chi connectivity index (χ2v) is 5.86. The van der Waals surface area contributed by atoms with Gasteiger partial charge in [0.2, 0.25) is 0 Å². The van der Waals surface area contributed by atoms with E-state index in [0.717, 1.165) is 38.6 Å². The van der Waals surface area contributed by atoms with Gasteiger partial charge in [0.1, 0.15) is 5.82 Å². The van der Waals surface area contributed by atoms with Gasteiger partial charge >= 0.3 is 0 Å². The van der Waals surface area contributed by atoms with Gasteiger partial charge in [-0.25, -0.2) is 4.98 Å². The molecule has 2 heterocycles. The monoisotopic (exact) mass is 292 g/mol. The second kappa shape index (κ2) is 8.32. The highest BCUT2D eigenvalue weighted by atomic mass is 16.5. The molecule has 1 N–H and O–H groups in total. The van der Waals surface area contributed by atoms with Crippen molar-refractivity contribution in [3.63, 3.8) is 0 Å². The molecular weight excluding hydrogens is 264 g/mol. The van der Waals surface area contributed by atoms with Crippen molar-refractivity contribution in [1.29, 1.82) is 0 Å². The van der Waals surface area contributed by atoms with E-state index in [1.807, 2.05) is 12.3 Å². The molecule has 0 spiro atoms. The number of methoxy groups -OCH3 is 1. The number of hydrogen-bond donors (Lipinski definition) is 1. The molecule has 1 atom stereocenters. The maximum Gasteiger partial charge on any atom is 0.133 e. The molecule has 2 rings (SSSR count). The first-order valence-corrected chi connectivity index (χ1v) is 7.77. The molecule has 5 nitrogen and oxygen atoms in total. The van der Waals surface area contributed by atoms with Gasteiger partial charge in [-0.2, -0.15) is 0 Å². The van der Waals surface area contributed by atoms with Crippen molar-refractivity contribution in [2.24, 2.45) is 0 Å². The fourth-order valence-electron chi connectivity index (χ4n) is 2.82. The number of likely N-dealkylation sites (N-methyl/N-ethyl adjacent to an activating group) is 1. The second-order valence-electron chi connectivity index (χ2n) is 5.86. The third-order valence-corrected chi connectivity index (χ3v) is 4.09. The SMILES string of the molecule is COCCNCc1cccnc1N1CCCC(N(C)C)C1. The normalized spacial score (nSPS) is 19.2. The highest BCUT2D eigenvalue weighted by Gasteiger charge is 2.23. The molecular formula is C16H28N4O. The molecule has 1 aromatic heterocycles. The van der Waals surface area contributed by atoms with Crippen LogP contribution < -0.4 is 10.2 Å². The predicted octanol–water partition coefficient (Wildman–Crippen LogP) is 1.35. The standard InChI is InChI=1S/C16H28N4O/c1-19(2)15-7-5-10-20(13-15)16-14(6-4-8-18-16)12-17-9-11-21-3/h4,6,8,15,17H,5,7,9-13H2,1-3H3. The lowest BCUT2D eigenvalue weighted by atomic mass is 10.0. The summed E-state index contributed by atoms with van der Waals surface area (Å²) in [4.78, 5) is 9.39. The zero-order chi connectivity index (χ0) is 15.1. The van der Waals surface area contributed by atoms with E-state index in [1.54, 1.807) is 7.11 Å². The van der Waals surface area contributed by atoms with E-state index in [9.17, 15) is 0 Å². The number of aromatic nitrogens is 1. The highest BCUT2D eigenvalue weighted by molar-refractivity contribution is 5.47. The fourth-order valence-corrected chi connectivity index (χ4v) is 2.82. The lowest BCUT2D eigenvalue weighted by molar-refractivity contribution is 0.199. The summed E-state index contributed by atoms with van der Waals surface area (Å²) in [7, 11) is 6.06. The summed E-state index contributed by atoms with van der Waals surface area (Å²) in [5.74, 6) is 1.13. The molecule has 1 aliphatic heterocycles. The molecule has 21 heavy (non-hydrogen) atoms. The van der Waals surface area contributed by atoms with Gasteiger partial charge in [-0.05, 0) is 33.0 Å². The molecule has 1 aromatic rings.